The molecule has 1 fully saturated rings. The number of ether oxygens (including phenoxy) is 2. The molecule has 2 aromatic heterocycles. The lowest BCUT2D eigenvalue weighted by atomic mass is 9.83. The molecule has 222 valence electrons. The van der Waals surface area contributed by atoms with Crippen molar-refractivity contribution >= 4 is 22.3 Å². The Morgan fingerprint density at radius 1 is 1.05 bits per heavy atom. The number of rotatable bonds is 7. The van der Waals surface area contributed by atoms with Gasteiger partial charge in [0.05, 0.1) is 52.4 Å². The molecule has 6 rings (SSSR count). The highest BCUT2D eigenvalue weighted by Gasteiger charge is 2.38. The van der Waals surface area contributed by atoms with Gasteiger partial charge in [-0.15, -0.1) is 0 Å². The first-order chi connectivity index (χ1) is 20.7. The second-order valence-corrected chi connectivity index (χ2v) is 10.7. The van der Waals surface area contributed by atoms with E-state index in [0.29, 0.717) is 66.6 Å². The summed E-state index contributed by atoms with van der Waals surface area (Å²) in [5, 5.41) is 3.73. The Balaban J connectivity index is 1.50. The first kappa shape index (κ1) is 28.6. The van der Waals surface area contributed by atoms with Crippen LogP contribution in [0.4, 0.5) is 23.2 Å². The predicted molar refractivity (Wildman–Crippen MR) is 156 cm³/mol. The number of aliphatic imine (C=N–C) groups is 1. The molecule has 7 nitrogen and oxygen atoms in total. The van der Waals surface area contributed by atoms with Gasteiger partial charge in [-0.3, -0.25) is 9.98 Å². The average molecular weight is 592 g/mol. The average Bonchev–Trinajstić information content (AvgIpc) is 2.99. The van der Waals surface area contributed by atoms with Gasteiger partial charge >= 0.3 is 6.61 Å². The first-order valence-electron chi connectivity index (χ1n) is 13.9. The van der Waals surface area contributed by atoms with Crippen LogP contribution in [-0.2, 0) is 4.74 Å². The van der Waals surface area contributed by atoms with E-state index in [-0.39, 0.29) is 16.7 Å². The highest BCUT2D eigenvalue weighted by Crippen LogP contribution is 2.40. The minimum absolute atomic E-state index is 0.0226. The molecule has 0 radical (unpaired) electrons. The zero-order valence-corrected chi connectivity index (χ0v) is 23.6. The predicted octanol–water partition coefficient (Wildman–Crippen LogP) is 6.72. The normalized spacial score (nSPS) is 18.9. The van der Waals surface area contributed by atoms with Crippen LogP contribution in [0.3, 0.4) is 0 Å². The summed E-state index contributed by atoms with van der Waals surface area (Å²) < 4.78 is 65.7. The van der Waals surface area contributed by atoms with Crippen LogP contribution in [0.2, 0.25) is 0 Å². The fraction of sp³-hybridized carbons (Fsp3) is 0.281. The fourth-order valence-corrected chi connectivity index (χ4v) is 5.70. The SMILES string of the molecule is Cc1c(-c2ccccn2)nc2cc(F)cc(F)c2c1NC1(C)CC(N2CCOCC2)=CN=C1c1ccc(OC(F)F)cc1. The molecule has 0 bridgehead atoms. The molecule has 2 aliphatic heterocycles. The Morgan fingerprint density at radius 3 is 2.51 bits per heavy atom. The van der Waals surface area contributed by atoms with Gasteiger partial charge < -0.3 is 19.7 Å². The Bertz CT molecular complexity index is 1710. The second-order valence-electron chi connectivity index (χ2n) is 10.7. The molecule has 1 N–H and O–H groups in total. The van der Waals surface area contributed by atoms with Crippen LogP contribution in [-0.4, -0.2) is 59.0 Å². The highest BCUT2D eigenvalue weighted by molar-refractivity contribution is 6.11. The Hall–Kier alpha value is -4.51. The van der Waals surface area contributed by atoms with Crippen LogP contribution in [0, 0.1) is 18.6 Å². The van der Waals surface area contributed by atoms with Crippen LogP contribution in [0.25, 0.3) is 22.3 Å². The fourth-order valence-electron chi connectivity index (χ4n) is 5.70. The zero-order chi connectivity index (χ0) is 30.1. The molecule has 2 aromatic carbocycles. The summed E-state index contributed by atoms with van der Waals surface area (Å²) in [6, 6.07) is 13.7. The summed E-state index contributed by atoms with van der Waals surface area (Å²) in [5.74, 6) is -1.47. The number of aromatic nitrogens is 2. The molecule has 0 amide bonds. The van der Waals surface area contributed by atoms with E-state index >= 15 is 4.39 Å². The molecule has 43 heavy (non-hydrogen) atoms. The summed E-state index contributed by atoms with van der Waals surface area (Å²) in [4.78, 5) is 16.1. The van der Waals surface area contributed by atoms with E-state index in [4.69, 9.17) is 9.73 Å². The molecule has 4 aromatic rings. The summed E-state index contributed by atoms with van der Waals surface area (Å²) in [6.45, 7) is 3.39. The van der Waals surface area contributed by atoms with Crippen LogP contribution >= 0.6 is 0 Å². The lowest BCUT2D eigenvalue weighted by Crippen LogP contribution is -2.49. The molecule has 11 heteroatoms. The minimum Gasteiger partial charge on any atom is -0.435 e. The van der Waals surface area contributed by atoms with E-state index < -0.39 is 23.8 Å². The third-order valence-corrected chi connectivity index (χ3v) is 7.73. The molecule has 1 atom stereocenters. The summed E-state index contributed by atoms with van der Waals surface area (Å²) in [7, 11) is 0. The van der Waals surface area contributed by atoms with Crippen LogP contribution in [0.5, 0.6) is 5.75 Å². The number of alkyl halides is 2. The van der Waals surface area contributed by atoms with Gasteiger partial charge in [-0.25, -0.2) is 13.8 Å². The Labute approximate surface area is 245 Å². The molecule has 0 saturated carbocycles. The van der Waals surface area contributed by atoms with E-state index in [1.807, 2.05) is 19.9 Å². The van der Waals surface area contributed by atoms with Gasteiger partial charge in [0.2, 0.25) is 0 Å². The van der Waals surface area contributed by atoms with Gasteiger partial charge in [-0.1, -0.05) is 6.07 Å². The van der Waals surface area contributed by atoms with Crippen molar-refractivity contribution in [3.63, 3.8) is 0 Å². The number of halogens is 4. The van der Waals surface area contributed by atoms with Crippen molar-refractivity contribution in [2.24, 2.45) is 4.99 Å². The van der Waals surface area contributed by atoms with Crippen molar-refractivity contribution in [2.45, 2.75) is 32.4 Å². The number of anilines is 1. The van der Waals surface area contributed by atoms with Crippen LogP contribution in [0.15, 0.2) is 77.7 Å². The van der Waals surface area contributed by atoms with E-state index in [2.05, 4.69) is 24.9 Å². The van der Waals surface area contributed by atoms with Crippen molar-refractivity contribution in [3.05, 3.63) is 95.5 Å². The topological polar surface area (TPSA) is 71.9 Å². The molecule has 1 saturated heterocycles. The molecular weight excluding hydrogens is 562 g/mol. The van der Waals surface area contributed by atoms with Crippen molar-refractivity contribution in [1.82, 2.24) is 14.9 Å². The first-order valence-corrected chi connectivity index (χ1v) is 13.9. The van der Waals surface area contributed by atoms with Crippen molar-refractivity contribution in [1.29, 1.82) is 0 Å². The zero-order valence-electron chi connectivity index (χ0n) is 23.6. The number of nitrogens with one attached hydrogen (secondary N) is 1. The molecule has 2 aliphatic rings. The lowest BCUT2D eigenvalue weighted by Gasteiger charge is -2.41. The van der Waals surface area contributed by atoms with Gasteiger partial charge in [-0.2, -0.15) is 8.78 Å². The molecule has 1 unspecified atom stereocenters. The number of benzene rings is 2. The second kappa shape index (κ2) is 11.6. The largest absolute Gasteiger partial charge is 0.435 e. The number of pyridine rings is 2. The summed E-state index contributed by atoms with van der Waals surface area (Å²) >= 11 is 0. The maximum absolute atomic E-state index is 15.6. The van der Waals surface area contributed by atoms with E-state index in [1.54, 1.807) is 36.7 Å². The van der Waals surface area contributed by atoms with Gasteiger partial charge in [-0.05, 0) is 55.8 Å². The van der Waals surface area contributed by atoms with Crippen molar-refractivity contribution < 1.29 is 27.0 Å². The van der Waals surface area contributed by atoms with Crippen LogP contribution in [0.1, 0.15) is 24.5 Å². The molecule has 0 spiro atoms. The van der Waals surface area contributed by atoms with Gasteiger partial charge in [0, 0.05) is 55.3 Å². The smallest absolute Gasteiger partial charge is 0.387 e. The van der Waals surface area contributed by atoms with E-state index in [9.17, 15) is 13.2 Å². The van der Waals surface area contributed by atoms with E-state index in [0.717, 1.165) is 11.8 Å². The maximum atomic E-state index is 15.6. The number of hydrogen-bond donors (Lipinski definition) is 1. The number of fused-ring (bicyclic) bond motifs is 1. The van der Waals surface area contributed by atoms with Gasteiger partial charge in [0.25, 0.3) is 0 Å². The van der Waals surface area contributed by atoms with Gasteiger partial charge in [0.15, 0.2) is 0 Å². The molecule has 0 aliphatic carbocycles. The van der Waals surface area contributed by atoms with E-state index in [1.165, 1.54) is 18.2 Å². The summed E-state index contributed by atoms with van der Waals surface area (Å²) in [5.41, 5.74) is 3.56. The Morgan fingerprint density at radius 2 is 1.81 bits per heavy atom. The van der Waals surface area contributed by atoms with Gasteiger partial charge in [0.1, 0.15) is 17.4 Å². The Kier molecular flexibility index (Phi) is 7.74. The third kappa shape index (κ3) is 5.77. The standard InChI is InChI=1S/C32H29F4N5O2/c1-19-28(25-5-3-4-10-37-25)39-26-16-21(33)15-24(34)27(26)29(19)40-32(2)17-22(41-11-13-42-14-12-41)18-38-30(32)20-6-8-23(9-7-20)43-31(35)36/h3-10,15-16,18,31H,11-14,17H2,1-2H3,(H,39,40). The highest BCUT2D eigenvalue weighted by atomic mass is 19.3. The van der Waals surface area contributed by atoms with Crippen molar-refractivity contribution in [2.75, 3.05) is 31.6 Å². The molecular formula is C32H29F4N5O2. The monoisotopic (exact) mass is 591 g/mol. The van der Waals surface area contributed by atoms with Crippen molar-refractivity contribution in [3.8, 4) is 17.1 Å². The number of morpholine rings is 1. The minimum atomic E-state index is -2.94. The number of hydrogen-bond acceptors (Lipinski definition) is 7. The summed E-state index contributed by atoms with van der Waals surface area (Å²) in [6.07, 6.45) is 3.90. The quantitative estimate of drug-likeness (QED) is 0.241. The molecule has 4 heterocycles. The van der Waals surface area contributed by atoms with Crippen LogP contribution < -0.4 is 10.1 Å². The third-order valence-electron chi connectivity index (χ3n) is 7.73. The lowest BCUT2D eigenvalue weighted by molar-refractivity contribution is -0.0498. The number of nitrogens with zero attached hydrogens (tertiary/aromatic N) is 4. The maximum Gasteiger partial charge on any atom is 0.387 e.